The van der Waals surface area contributed by atoms with Crippen LogP contribution < -0.4 is 0 Å². The van der Waals surface area contributed by atoms with Crippen LogP contribution in [-0.4, -0.2) is 27.0 Å². The van der Waals surface area contributed by atoms with Gasteiger partial charge in [0.05, 0.1) is 10.6 Å². The lowest BCUT2D eigenvalue weighted by Crippen LogP contribution is -2.32. The number of benzene rings is 1. The van der Waals surface area contributed by atoms with Gasteiger partial charge in [0.15, 0.2) is 5.69 Å². The van der Waals surface area contributed by atoms with E-state index < -0.39 is 0 Å². The fourth-order valence-corrected chi connectivity index (χ4v) is 3.37. The molecule has 1 aliphatic rings. The third-order valence-electron chi connectivity index (χ3n) is 4.10. The number of aromatic nitrogens is 2. The maximum absolute atomic E-state index is 13.1. The van der Waals surface area contributed by atoms with Gasteiger partial charge in [-0.05, 0) is 48.1 Å². The SMILES string of the molecule is O=C(c1cc(-c2cccs2)[nH]n1)N(Cc1ccc(F)cc1)C1CC1. The Morgan fingerprint density at radius 3 is 2.75 bits per heavy atom. The Morgan fingerprint density at radius 2 is 2.08 bits per heavy atom. The topological polar surface area (TPSA) is 49.0 Å². The van der Waals surface area contributed by atoms with Crippen molar-refractivity contribution in [2.75, 3.05) is 0 Å². The fraction of sp³-hybridized carbons (Fsp3) is 0.222. The molecule has 4 nitrogen and oxygen atoms in total. The molecule has 2 heterocycles. The number of amides is 1. The maximum atomic E-state index is 13.1. The van der Waals surface area contributed by atoms with Gasteiger partial charge >= 0.3 is 0 Å². The number of aromatic amines is 1. The quantitative estimate of drug-likeness (QED) is 0.760. The number of carbonyl (C=O) groups is 1. The molecule has 1 N–H and O–H groups in total. The first-order valence-electron chi connectivity index (χ1n) is 7.85. The Bertz CT molecular complexity index is 838. The van der Waals surface area contributed by atoms with Crippen LogP contribution in [0.4, 0.5) is 4.39 Å². The predicted octanol–water partition coefficient (Wildman–Crippen LogP) is 4.08. The van der Waals surface area contributed by atoms with Crippen molar-refractivity contribution in [1.82, 2.24) is 15.1 Å². The highest BCUT2D eigenvalue weighted by molar-refractivity contribution is 7.13. The Morgan fingerprint density at radius 1 is 1.29 bits per heavy atom. The van der Waals surface area contributed by atoms with E-state index in [2.05, 4.69) is 10.2 Å². The molecule has 0 bridgehead atoms. The number of H-pyrrole nitrogens is 1. The number of rotatable bonds is 5. The minimum atomic E-state index is -0.268. The standard InChI is InChI=1S/C18H16FN3OS/c19-13-5-3-12(4-6-13)11-22(14-7-8-14)18(23)16-10-15(20-21-16)17-2-1-9-24-17/h1-6,9-10,14H,7-8,11H2,(H,20,21). The first-order chi connectivity index (χ1) is 11.7. The summed E-state index contributed by atoms with van der Waals surface area (Å²) in [5.41, 5.74) is 2.20. The van der Waals surface area contributed by atoms with Crippen LogP contribution in [0.2, 0.25) is 0 Å². The second kappa shape index (κ2) is 6.20. The third kappa shape index (κ3) is 3.10. The molecule has 0 aliphatic heterocycles. The minimum Gasteiger partial charge on any atom is -0.330 e. The van der Waals surface area contributed by atoms with Gasteiger partial charge in [-0.3, -0.25) is 9.89 Å². The van der Waals surface area contributed by atoms with Crippen molar-refractivity contribution in [3.63, 3.8) is 0 Å². The monoisotopic (exact) mass is 341 g/mol. The summed E-state index contributed by atoms with van der Waals surface area (Å²) in [6, 6.07) is 12.3. The molecule has 6 heteroatoms. The summed E-state index contributed by atoms with van der Waals surface area (Å²) in [5, 5.41) is 9.12. The second-order valence-electron chi connectivity index (χ2n) is 5.93. The molecule has 2 aromatic heterocycles. The Hall–Kier alpha value is -2.47. The largest absolute Gasteiger partial charge is 0.330 e. The van der Waals surface area contributed by atoms with Crippen LogP contribution in [0.5, 0.6) is 0 Å². The number of hydrogen-bond donors (Lipinski definition) is 1. The molecule has 1 saturated carbocycles. The molecular formula is C18H16FN3OS. The molecule has 0 atom stereocenters. The van der Waals surface area contributed by atoms with Crippen molar-refractivity contribution < 1.29 is 9.18 Å². The molecule has 0 radical (unpaired) electrons. The van der Waals surface area contributed by atoms with Crippen LogP contribution in [0.25, 0.3) is 10.6 Å². The molecule has 0 unspecified atom stereocenters. The van der Waals surface area contributed by atoms with Crippen molar-refractivity contribution in [2.24, 2.45) is 0 Å². The Balaban J connectivity index is 1.55. The molecule has 4 rings (SSSR count). The molecule has 1 amide bonds. The van der Waals surface area contributed by atoms with E-state index in [-0.39, 0.29) is 17.8 Å². The van der Waals surface area contributed by atoms with Crippen molar-refractivity contribution >= 4 is 17.2 Å². The van der Waals surface area contributed by atoms with E-state index in [1.165, 1.54) is 12.1 Å². The van der Waals surface area contributed by atoms with E-state index in [4.69, 9.17) is 0 Å². The normalized spacial score (nSPS) is 13.9. The first-order valence-corrected chi connectivity index (χ1v) is 8.73. The summed E-state index contributed by atoms with van der Waals surface area (Å²) in [4.78, 5) is 15.7. The van der Waals surface area contributed by atoms with Gasteiger partial charge in [-0.2, -0.15) is 5.10 Å². The molecule has 1 aromatic carbocycles. The van der Waals surface area contributed by atoms with Gasteiger partial charge in [0.25, 0.3) is 5.91 Å². The molecule has 122 valence electrons. The van der Waals surface area contributed by atoms with E-state index >= 15 is 0 Å². The second-order valence-corrected chi connectivity index (χ2v) is 6.88. The number of thiophene rings is 1. The highest BCUT2D eigenvalue weighted by atomic mass is 32.1. The highest BCUT2D eigenvalue weighted by Gasteiger charge is 2.34. The van der Waals surface area contributed by atoms with E-state index in [9.17, 15) is 9.18 Å². The summed E-state index contributed by atoms with van der Waals surface area (Å²) in [7, 11) is 0. The molecule has 3 aromatic rings. The number of hydrogen-bond acceptors (Lipinski definition) is 3. The lowest BCUT2D eigenvalue weighted by atomic mass is 10.2. The summed E-state index contributed by atoms with van der Waals surface area (Å²) in [5.74, 6) is -0.350. The van der Waals surface area contributed by atoms with Crippen molar-refractivity contribution in [3.8, 4) is 10.6 Å². The lowest BCUT2D eigenvalue weighted by Gasteiger charge is -2.21. The minimum absolute atomic E-state index is 0.0825. The van der Waals surface area contributed by atoms with Crippen molar-refractivity contribution in [2.45, 2.75) is 25.4 Å². The van der Waals surface area contributed by atoms with Crippen LogP contribution >= 0.6 is 11.3 Å². The highest BCUT2D eigenvalue weighted by Crippen LogP contribution is 2.30. The average Bonchev–Trinajstić information content (AvgIpc) is 3.09. The van der Waals surface area contributed by atoms with Crippen molar-refractivity contribution in [1.29, 1.82) is 0 Å². The number of halogens is 1. The van der Waals surface area contributed by atoms with Gasteiger partial charge in [-0.15, -0.1) is 11.3 Å². The van der Waals surface area contributed by atoms with Gasteiger partial charge in [0.1, 0.15) is 5.82 Å². The third-order valence-corrected chi connectivity index (χ3v) is 5.00. The summed E-state index contributed by atoms with van der Waals surface area (Å²) in [6.45, 7) is 0.477. The summed E-state index contributed by atoms with van der Waals surface area (Å²) >= 11 is 1.60. The van der Waals surface area contributed by atoms with Gasteiger partial charge in [-0.1, -0.05) is 18.2 Å². The summed E-state index contributed by atoms with van der Waals surface area (Å²) in [6.07, 6.45) is 2.02. The number of carbonyl (C=O) groups excluding carboxylic acids is 1. The molecule has 1 aliphatic carbocycles. The van der Waals surface area contributed by atoms with E-state index in [1.54, 1.807) is 29.5 Å². The molecule has 1 fully saturated rings. The van der Waals surface area contributed by atoms with Crippen LogP contribution in [0, 0.1) is 5.82 Å². The smallest absolute Gasteiger partial charge is 0.274 e. The first kappa shape index (κ1) is 15.1. The van der Waals surface area contributed by atoms with Gasteiger partial charge in [-0.25, -0.2) is 4.39 Å². The Labute approximate surface area is 142 Å². The average molecular weight is 341 g/mol. The lowest BCUT2D eigenvalue weighted by molar-refractivity contribution is 0.0724. The zero-order chi connectivity index (χ0) is 16.5. The zero-order valence-corrected chi connectivity index (χ0v) is 13.7. The van der Waals surface area contributed by atoms with Crippen LogP contribution in [0.1, 0.15) is 28.9 Å². The number of nitrogens with one attached hydrogen (secondary N) is 1. The van der Waals surface area contributed by atoms with E-state index in [0.717, 1.165) is 29.0 Å². The predicted molar refractivity (Wildman–Crippen MR) is 91.2 cm³/mol. The number of nitrogens with zero attached hydrogens (tertiary/aromatic N) is 2. The zero-order valence-electron chi connectivity index (χ0n) is 12.9. The molecular weight excluding hydrogens is 325 g/mol. The van der Waals surface area contributed by atoms with E-state index in [0.29, 0.717) is 12.2 Å². The van der Waals surface area contributed by atoms with E-state index in [1.807, 2.05) is 22.4 Å². The fourth-order valence-electron chi connectivity index (χ4n) is 2.68. The van der Waals surface area contributed by atoms with Gasteiger partial charge in [0.2, 0.25) is 0 Å². The maximum Gasteiger partial charge on any atom is 0.274 e. The van der Waals surface area contributed by atoms with Gasteiger partial charge < -0.3 is 4.90 Å². The van der Waals surface area contributed by atoms with Crippen LogP contribution in [-0.2, 0) is 6.54 Å². The summed E-state index contributed by atoms with van der Waals surface area (Å²) < 4.78 is 13.1. The molecule has 24 heavy (non-hydrogen) atoms. The Kier molecular flexibility index (Phi) is 3.90. The molecule has 0 saturated heterocycles. The van der Waals surface area contributed by atoms with Crippen LogP contribution in [0.15, 0.2) is 47.8 Å². The van der Waals surface area contributed by atoms with Gasteiger partial charge in [0, 0.05) is 12.6 Å². The van der Waals surface area contributed by atoms with Crippen LogP contribution in [0.3, 0.4) is 0 Å². The molecule has 0 spiro atoms. The van der Waals surface area contributed by atoms with Crippen molar-refractivity contribution in [3.05, 3.63) is 64.9 Å².